The molecular formula is C17H26N2O5S. The van der Waals surface area contributed by atoms with Crippen molar-refractivity contribution in [2.24, 2.45) is 0 Å². The predicted molar refractivity (Wildman–Crippen MR) is 95.5 cm³/mol. The van der Waals surface area contributed by atoms with Gasteiger partial charge in [0.25, 0.3) is 0 Å². The molecule has 1 N–H and O–H groups in total. The zero-order chi connectivity index (χ0) is 18.3. The summed E-state index contributed by atoms with van der Waals surface area (Å²) in [5.41, 5.74) is 0.996. The molecule has 1 fully saturated rings. The van der Waals surface area contributed by atoms with Crippen molar-refractivity contribution in [3.63, 3.8) is 0 Å². The van der Waals surface area contributed by atoms with Gasteiger partial charge in [0, 0.05) is 37.9 Å². The lowest BCUT2D eigenvalue weighted by atomic mass is 10.0. The van der Waals surface area contributed by atoms with Crippen LogP contribution in [0.2, 0.25) is 0 Å². The van der Waals surface area contributed by atoms with Gasteiger partial charge < -0.3 is 14.8 Å². The molecule has 7 nitrogen and oxygen atoms in total. The van der Waals surface area contributed by atoms with Crippen molar-refractivity contribution in [3.8, 4) is 5.75 Å². The van der Waals surface area contributed by atoms with E-state index < -0.39 is 9.84 Å². The standard InChI is InChI=1S/C17H26N2O5S/c1-23-16-6-4-3-5-14(16)15(19-8-10-24-11-9-19)13-18-17(20)7-12-25(2,21)22/h3-6,15H,7-13H2,1-2H3,(H,18,20). The Kier molecular flexibility index (Phi) is 7.22. The van der Waals surface area contributed by atoms with Gasteiger partial charge >= 0.3 is 0 Å². The number of para-hydroxylation sites is 1. The number of methoxy groups -OCH3 is 1. The van der Waals surface area contributed by atoms with Crippen LogP contribution in [0.4, 0.5) is 0 Å². The first-order chi connectivity index (χ1) is 11.9. The van der Waals surface area contributed by atoms with Crippen molar-refractivity contribution >= 4 is 15.7 Å². The highest BCUT2D eigenvalue weighted by molar-refractivity contribution is 7.90. The average Bonchev–Trinajstić information content (AvgIpc) is 2.61. The Morgan fingerprint density at radius 3 is 2.64 bits per heavy atom. The van der Waals surface area contributed by atoms with Gasteiger partial charge in [-0.15, -0.1) is 0 Å². The Bertz CT molecular complexity index is 671. The Hall–Kier alpha value is -1.64. The lowest BCUT2D eigenvalue weighted by Crippen LogP contribution is -2.44. The van der Waals surface area contributed by atoms with Crippen LogP contribution in [-0.4, -0.2) is 71.2 Å². The van der Waals surface area contributed by atoms with E-state index in [9.17, 15) is 13.2 Å². The molecule has 140 valence electrons. The summed E-state index contributed by atoms with van der Waals surface area (Å²) in [6.07, 6.45) is 1.10. The van der Waals surface area contributed by atoms with Crippen molar-refractivity contribution in [1.82, 2.24) is 10.2 Å². The zero-order valence-electron chi connectivity index (χ0n) is 14.7. The van der Waals surface area contributed by atoms with E-state index in [-0.39, 0.29) is 24.1 Å². The second-order valence-electron chi connectivity index (χ2n) is 6.09. The fraction of sp³-hybridized carbons (Fsp3) is 0.588. The molecular weight excluding hydrogens is 344 g/mol. The largest absolute Gasteiger partial charge is 0.496 e. The number of carbonyl (C=O) groups excluding carboxylic acids is 1. The van der Waals surface area contributed by atoms with Crippen molar-refractivity contribution in [3.05, 3.63) is 29.8 Å². The summed E-state index contributed by atoms with van der Waals surface area (Å²) in [6.45, 7) is 3.22. The first kappa shape index (κ1) is 19.7. The van der Waals surface area contributed by atoms with Crippen LogP contribution in [0, 0.1) is 0 Å². The highest BCUT2D eigenvalue weighted by Crippen LogP contribution is 2.29. The molecule has 0 spiro atoms. The van der Waals surface area contributed by atoms with Crippen LogP contribution in [0.5, 0.6) is 5.75 Å². The molecule has 0 aromatic heterocycles. The zero-order valence-corrected chi connectivity index (χ0v) is 15.5. The van der Waals surface area contributed by atoms with Crippen LogP contribution >= 0.6 is 0 Å². The summed E-state index contributed by atoms with van der Waals surface area (Å²) < 4.78 is 33.3. The summed E-state index contributed by atoms with van der Waals surface area (Å²) in [6, 6.07) is 7.68. The van der Waals surface area contributed by atoms with Crippen LogP contribution in [-0.2, 0) is 19.4 Å². The summed E-state index contributed by atoms with van der Waals surface area (Å²) in [7, 11) is -1.52. The molecule has 1 aromatic rings. The highest BCUT2D eigenvalue weighted by atomic mass is 32.2. The number of ether oxygens (including phenoxy) is 2. The summed E-state index contributed by atoms with van der Waals surface area (Å²) in [4.78, 5) is 14.3. The predicted octanol–water partition coefficient (Wildman–Crippen LogP) is 0.619. The van der Waals surface area contributed by atoms with E-state index in [0.29, 0.717) is 19.8 Å². The third-order valence-electron chi connectivity index (χ3n) is 4.18. The first-order valence-electron chi connectivity index (χ1n) is 8.30. The van der Waals surface area contributed by atoms with Gasteiger partial charge in [-0.3, -0.25) is 9.69 Å². The Balaban J connectivity index is 2.08. The van der Waals surface area contributed by atoms with E-state index in [2.05, 4.69) is 10.2 Å². The quantitative estimate of drug-likeness (QED) is 0.722. The molecule has 1 unspecified atom stereocenters. The van der Waals surface area contributed by atoms with E-state index in [1.807, 2.05) is 24.3 Å². The molecule has 2 rings (SSSR count). The smallest absolute Gasteiger partial charge is 0.221 e. The fourth-order valence-electron chi connectivity index (χ4n) is 2.84. The molecule has 1 saturated heterocycles. The summed E-state index contributed by atoms with van der Waals surface area (Å²) in [5, 5.41) is 2.86. The molecule has 0 aliphatic carbocycles. The maximum atomic E-state index is 12.0. The van der Waals surface area contributed by atoms with Crippen LogP contribution in [0.1, 0.15) is 18.0 Å². The molecule has 1 amide bonds. The van der Waals surface area contributed by atoms with E-state index in [1.165, 1.54) is 0 Å². The molecule has 1 aromatic carbocycles. The Morgan fingerprint density at radius 2 is 2.00 bits per heavy atom. The van der Waals surface area contributed by atoms with Crippen molar-refractivity contribution < 1.29 is 22.7 Å². The van der Waals surface area contributed by atoms with Gasteiger partial charge in [-0.1, -0.05) is 18.2 Å². The maximum absolute atomic E-state index is 12.0. The van der Waals surface area contributed by atoms with E-state index >= 15 is 0 Å². The minimum absolute atomic E-state index is 0.0272. The second kappa shape index (κ2) is 9.17. The van der Waals surface area contributed by atoms with Crippen LogP contribution < -0.4 is 10.1 Å². The minimum atomic E-state index is -3.15. The SMILES string of the molecule is COc1ccccc1C(CNC(=O)CCS(C)(=O)=O)N1CCOCC1. The lowest BCUT2D eigenvalue weighted by molar-refractivity contribution is -0.121. The normalized spacial score (nSPS) is 17.0. The fourth-order valence-corrected chi connectivity index (χ4v) is 3.40. The van der Waals surface area contributed by atoms with E-state index in [0.717, 1.165) is 30.7 Å². The van der Waals surface area contributed by atoms with Gasteiger partial charge in [0.1, 0.15) is 15.6 Å². The molecule has 1 heterocycles. The molecule has 8 heteroatoms. The van der Waals surface area contributed by atoms with Gasteiger partial charge in [-0.2, -0.15) is 0 Å². The number of nitrogens with zero attached hydrogens (tertiary/aromatic N) is 1. The highest BCUT2D eigenvalue weighted by Gasteiger charge is 2.25. The lowest BCUT2D eigenvalue weighted by Gasteiger charge is -2.35. The van der Waals surface area contributed by atoms with Crippen LogP contribution in [0.3, 0.4) is 0 Å². The van der Waals surface area contributed by atoms with Crippen LogP contribution in [0.25, 0.3) is 0 Å². The van der Waals surface area contributed by atoms with Crippen molar-refractivity contribution in [2.75, 3.05) is 52.0 Å². The monoisotopic (exact) mass is 370 g/mol. The molecule has 1 aliphatic heterocycles. The number of nitrogens with one attached hydrogen (secondary N) is 1. The van der Waals surface area contributed by atoms with E-state index in [4.69, 9.17) is 9.47 Å². The third kappa shape index (κ3) is 6.30. The number of carbonyl (C=O) groups is 1. The summed E-state index contributed by atoms with van der Waals surface area (Å²) in [5.74, 6) is 0.360. The summed E-state index contributed by atoms with van der Waals surface area (Å²) >= 11 is 0. The molecule has 1 aliphatic rings. The van der Waals surface area contributed by atoms with Crippen molar-refractivity contribution in [2.45, 2.75) is 12.5 Å². The van der Waals surface area contributed by atoms with Gasteiger partial charge in [0.15, 0.2) is 0 Å². The number of rotatable bonds is 8. The number of benzene rings is 1. The van der Waals surface area contributed by atoms with Crippen molar-refractivity contribution in [1.29, 1.82) is 0 Å². The minimum Gasteiger partial charge on any atom is -0.496 e. The van der Waals surface area contributed by atoms with Gasteiger partial charge in [-0.05, 0) is 6.07 Å². The third-order valence-corrected chi connectivity index (χ3v) is 5.12. The maximum Gasteiger partial charge on any atom is 0.221 e. The first-order valence-corrected chi connectivity index (χ1v) is 10.4. The number of hydrogen-bond acceptors (Lipinski definition) is 6. The molecule has 1 atom stereocenters. The number of hydrogen-bond donors (Lipinski definition) is 1. The average molecular weight is 370 g/mol. The molecule has 0 bridgehead atoms. The van der Waals surface area contributed by atoms with Gasteiger partial charge in [0.05, 0.1) is 32.1 Å². The topological polar surface area (TPSA) is 84.9 Å². The van der Waals surface area contributed by atoms with Crippen LogP contribution in [0.15, 0.2) is 24.3 Å². The number of morpholine rings is 1. The molecule has 0 saturated carbocycles. The number of sulfone groups is 1. The Labute approximate surface area is 149 Å². The Morgan fingerprint density at radius 1 is 1.32 bits per heavy atom. The second-order valence-corrected chi connectivity index (χ2v) is 8.35. The van der Waals surface area contributed by atoms with E-state index in [1.54, 1.807) is 7.11 Å². The van der Waals surface area contributed by atoms with Gasteiger partial charge in [-0.25, -0.2) is 8.42 Å². The number of amides is 1. The molecule has 25 heavy (non-hydrogen) atoms. The van der Waals surface area contributed by atoms with Gasteiger partial charge in [0.2, 0.25) is 5.91 Å². The molecule has 0 radical (unpaired) electrons.